The predicted octanol–water partition coefficient (Wildman–Crippen LogP) is 4.13. The van der Waals surface area contributed by atoms with Gasteiger partial charge in [-0.3, -0.25) is 4.79 Å². The Labute approximate surface area is 151 Å². The summed E-state index contributed by atoms with van der Waals surface area (Å²) >= 11 is 10.7. The quantitative estimate of drug-likeness (QED) is 0.721. The Hall–Kier alpha value is -1.37. The van der Waals surface area contributed by atoms with Gasteiger partial charge in [0.05, 0.1) is 11.4 Å². The van der Waals surface area contributed by atoms with E-state index in [1.165, 1.54) is 18.4 Å². The second-order valence-corrected chi connectivity index (χ2v) is 7.50. The number of amides is 1. The molecule has 7 heteroatoms. The lowest BCUT2D eigenvalue weighted by Gasteiger charge is -2.17. The molecule has 0 aliphatic carbocycles. The van der Waals surface area contributed by atoms with Crippen LogP contribution >= 0.6 is 38.9 Å². The summed E-state index contributed by atoms with van der Waals surface area (Å²) in [6.07, 6.45) is 0.859. The number of halogens is 2. The number of hydrogen-bond donors (Lipinski definition) is 1. The number of esters is 1. The third kappa shape index (κ3) is 5.34. The largest absolute Gasteiger partial charge is 0.467 e. The summed E-state index contributed by atoms with van der Waals surface area (Å²) < 4.78 is 6.37. The molecule has 1 aromatic carbocycles. The first-order valence-corrected chi connectivity index (χ1v) is 8.85. The molecule has 0 spiro atoms. The van der Waals surface area contributed by atoms with E-state index < -0.39 is 12.0 Å². The first-order valence-electron chi connectivity index (χ1n) is 6.86. The normalized spacial score (nSPS) is 11.8. The number of carbonyl (C=O) groups excluding carboxylic acids is 2. The summed E-state index contributed by atoms with van der Waals surface area (Å²) in [7, 11) is 1.30. The average molecular weight is 417 g/mol. The van der Waals surface area contributed by atoms with E-state index in [0.29, 0.717) is 16.3 Å². The molecule has 0 fully saturated rings. The second kappa shape index (κ2) is 8.47. The van der Waals surface area contributed by atoms with Gasteiger partial charge in [0.25, 0.3) is 0 Å². The number of rotatable bonds is 6. The molecule has 0 aliphatic heterocycles. The molecule has 1 amide bonds. The summed E-state index contributed by atoms with van der Waals surface area (Å²) in [4.78, 5) is 25.1. The molecule has 0 saturated carbocycles. The molecule has 122 valence electrons. The molecule has 2 aromatic rings. The molecule has 1 atom stereocenters. The van der Waals surface area contributed by atoms with Crippen LogP contribution in [0.4, 0.5) is 0 Å². The van der Waals surface area contributed by atoms with Crippen molar-refractivity contribution in [2.75, 3.05) is 7.11 Å². The summed E-state index contributed by atoms with van der Waals surface area (Å²) in [5.74, 6) is -0.715. The highest BCUT2D eigenvalue weighted by Gasteiger charge is 2.23. The van der Waals surface area contributed by atoms with Crippen LogP contribution in [0.15, 0.2) is 40.9 Å². The molecular formula is C16H15BrClNO3S. The van der Waals surface area contributed by atoms with E-state index in [1.54, 1.807) is 18.2 Å². The first kappa shape index (κ1) is 18.0. The van der Waals surface area contributed by atoms with Crippen LogP contribution in [0.3, 0.4) is 0 Å². The van der Waals surface area contributed by atoms with Crippen LogP contribution in [0, 0.1) is 0 Å². The van der Waals surface area contributed by atoms with Crippen LogP contribution in [-0.2, 0) is 20.7 Å². The molecular weight excluding hydrogens is 402 g/mol. The summed E-state index contributed by atoms with van der Waals surface area (Å²) in [6.45, 7) is 0. The van der Waals surface area contributed by atoms with Crippen molar-refractivity contribution in [1.29, 1.82) is 0 Å². The Bertz CT molecular complexity index is 687. The molecule has 0 saturated heterocycles. The van der Waals surface area contributed by atoms with E-state index in [4.69, 9.17) is 16.3 Å². The van der Waals surface area contributed by atoms with Gasteiger partial charge in [0.1, 0.15) is 0 Å². The standard InChI is InChI=1S/C16H15BrClNO3S/c1-22-16(21)15(10-2-4-11(17)5-3-10)19-14(20)9-7-12-6-8-13(18)23-12/h2-6,8,15H,7,9H2,1H3,(H,19,20). The predicted molar refractivity (Wildman–Crippen MR) is 94.7 cm³/mol. The zero-order valence-electron chi connectivity index (χ0n) is 12.3. The molecule has 0 aliphatic rings. The molecule has 1 unspecified atom stereocenters. The van der Waals surface area contributed by atoms with Gasteiger partial charge < -0.3 is 10.1 Å². The van der Waals surface area contributed by atoms with E-state index in [2.05, 4.69) is 21.2 Å². The fraction of sp³-hybridized carbons (Fsp3) is 0.250. The van der Waals surface area contributed by atoms with Crippen LogP contribution in [0.5, 0.6) is 0 Å². The minimum absolute atomic E-state index is 0.215. The fourth-order valence-electron chi connectivity index (χ4n) is 2.01. The van der Waals surface area contributed by atoms with Crippen molar-refractivity contribution in [3.8, 4) is 0 Å². The maximum absolute atomic E-state index is 12.1. The molecule has 2 rings (SSSR count). The third-order valence-corrected chi connectivity index (χ3v) is 4.99. The van der Waals surface area contributed by atoms with Crippen molar-refractivity contribution < 1.29 is 14.3 Å². The number of carbonyl (C=O) groups is 2. The van der Waals surface area contributed by atoms with Crippen molar-refractivity contribution in [3.63, 3.8) is 0 Å². The van der Waals surface area contributed by atoms with Crippen LogP contribution in [0.2, 0.25) is 4.34 Å². The van der Waals surface area contributed by atoms with Crippen LogP contribution in [-0.4, -0.2) is 19.0 Å². The number of hydrogen-bond acceptors (Lipinski definition) is 4. The van der Waals surface area contributed by atoms with Crippen LogP contribution in [0.1, 0.15) is 22.9 Å². The van der Waals surface area contributed by atoms with E-state index in [9.17, 15) is 9.59 Å². The Morgan fingerprint density at radius 3 is 2.52 bits per heavy atom. The van der Waals surface area contributed by atoms with Gasteiger partial charge in [0, 0.05) is 15.8 Å². The van der Waals surface area contributed by atoms with E-state index in [0.717, 1.165) is 9.35 Å². The van der Waals surface area contributed by atoms with Gasteiger partial charge in [0.2, 0.25) is 5.91 Å². The third-order valence-electron chi connectivity index (χ3n) is 3.17. The maximum atomic E-state index is 12.1. The summed E-state index contributed by atoms with van der Waals surface area (Å²) in [5.41, 5.74) is 0.674. The zero-order valence-corrected chi connectivity index (χ0v) is 15.5. The lowest BCUT2D eigenvalue weighted by Crippen LogP contribution is -2.34. The number of aryl methyl sites for hydroxylation is 1. The van der Waals surface area contributed by atoms with E-state index in [-0.39, 0.29) is 12.3 Å². The Balaban J connectivity index is 2.00. The molecule has 1 aromatic heterocycles. The molecule has 23 heavy (non-hydrogen) atoms. The van der Waals surface area contributed by atoms with Gasteiger partial charge in [-0.15, -0.1) is 11.3 Å². The van der Waals surface area contributed by atoms with Crippen LogP contribution < -0.4 is 5.32 Å². The summed E-state index contributed by atoms with van der Waals surface area (Å²) in [6, 6.07) is 10.0. The monoisotopic (exact) mass is 415 g/mol. The fourth-order valence-corrected chi connectivity index (χ4v) is 3.36. The zero-order chi connectivity index (χ0) is 16.8. The number of nitrogens with one attached hydrogen (secondary N) is 1. The van der Waals surface area contributed by atoms with Gasteiger partial charge in [-0.05, 0) is 36.2 Å². The van der Waals surface area contributed by atoms with Crippen LogP contribution in [0.25, 0.3) is 0 Å². The van der Waals surface area contributed by atoms with Crippen molar-refractivity contribution >= 4 is 50.7 Å². The number of ether oxygens (including phenoxy) is 1. The number of thiophene rings is 1. The maximum Gasteiger partial charge on any atom is 0.333 e. The lowest BCUT2D eigenvalue weighted by atomic mass is 10.1. The topological polar surface area (TPSA) is 55.4 Å². The second-order valence-electron chi connectivity index (χ2n) is 4.78. The summed E-state index contributed by atoms with van der Waals surface area (Å²) in [5, 5.41) is 2.72. The highest BCUT2D eigenvalue weighted by molar-refractivity contribution is 9.10. The van der Waals surface area contributed by atoms with Gasteiger partial charge in [0.15, 0.2) is 6.04 Å². The molecule has 1 heterocycles. The SMILES string of the molecule is COC(=O)C(NC(=O)CCc1ccc(Cl)s1)c1ccc(Br)cc1. The number of benzene rings is 1. The highest BCUT2D eigenvalue weighted by Crippen LogP contribution is 2.23. The lowest BCUT2D eigenvalue weighted by molar-refractivity contribution is -0.145. The Morgan fingerprint density at radius 1 is 1.26 bits per heavy atom. The van der Waals surface area contributed by atoms with Gasteiger partial charge in [-0.1, -0.05) is 39.7 Å². The van der Waals surface area contributed by atoms with Gasteiger partial charge in [-0.2, -0.15) is 0 Å². The minimum Gasteiger partial charge on any atom is -0.467 e. The smallest absolute Gasteiger partial charge is 0.333 e. The Morgan fingerprint density at radius 2 is 1.96 bits per heavy atom. The number of methoxy groups -OCH3 is 1. The van der Waals surface area contributed by atoms with Crippen molar-refractivity contribution in [2.45, 2.75) is 18.9 Å². The van der Waals surface area contributed by atoms with Crippen molar-refractivity contribution in [1.82, 2.24) is 5.32 Å². The van der Waals surface area contributed by atoms with E-state index >= 15 is 0 Å². The highest BCUT2D eigenvalue weighted by atomic mass is 79.9. The van der Waals surface area contributed by atoms with Crippen molar-refractivity contribution in [2.24, 2.45) is 0 Å². The van der Waals surface area contributed by atoms with Gasteiger partial charge in [-0.25, -0.2) is 4.79 Å². The molecule has 4 nitrogen and oxygen atoms in total. The van der Waals surface area contributed by atoms with Crippen molar-refractivity contribution in [3.05, 3.63) is 55.6 Å². The molecule has 1 N–H and O–H groups in total. The average Bonchev–Trinajstić information content (AvgIpc) is 2.96. The van der Waals surface area contributed by atoms with Gasteiger partial charge >= 0.3 is 5.97 Å². The Kier molecular flexibility index (Phi) is 6.62. The molecule has 0 radical (unpaired) electrons. The van der Waals surface area contributed by atoms with E-state index in [1.807, 2.05) is 18.2 Å². The first-order chi connectivity index (χ1) is 11.0. The minimum atomic E-state index is -0.812. The molecule has 0 bridgehead atoms.